The number of pyridine rings is 1. The Bertz CT molecular complexity index is 408. The molecule has 0 saturated heterocycles. The zero-order chi connectivity index (χ0) is 9.80. The Hall–Kier alpha value is -1.09. The predicted octanol–water partition coefficient (Wildman–Crippen LogP) is 3.51. The minimum Gasteiger partial charge on any atom is -0.370 e. The van der Waals surface area contributed by atoms with Crippen molar-refractivity contribution in [1.29, 1.82) is 0 Å². The molecule has 14 heavy (non-hydrogen) atoms. The van der Waals surface area contributed by atoms with Gasteiger partial charge in [-0.25, -0.2) is 4.98 Å². The largest absolute Gasteiger partial charge is 0.370 e. The third kappa shape index (κ3) is 1.87. The van der Waals surface area contributed by atoms with Crippen LogP contribution < -0.4 is 5.32 Å². The van der Waals surface area contributed by atoms with Crippen LogP contribution in [-0.2, 0) is 0 Å². The summed E-state index contributed by atoms with van der Waals surface area (Å²) in [6.07, 6.45) is 4.28. The number of hydrogen-bond donors (Lipinski definition) is 1. The van der Waals surface area contributed by atoms with Crippen molar-refractivity contribution >= 4 is 27.2 Å². The first-order chi connectivity index (χ1) is 6.92. The molecule has 0 radical (unpaired) electrons. The fourth-order valence-corrected chi connectivity index (χ4v) is 2.20. The van der Waals surface area contributed by atoms with Crippen molar-refractivity contribution in [2.45, 2.75) is 19.8 Å². The number of rotatable bonds is 4. The van der Waals surface area contributed by atoms with Crippen molar-refractivity contribution in [1.82, 2.24) is 4.98 Å². The summed E-state index contributed by atoms with van der Waals surface area (Å²) >= 11 is 1.76. The van der Waals surface area contributed by atoms with E-state index in [1.165, 1.54) is 22.9 Å². The van der Waals surface area contributed by atoms with Gasteiger partial charge in [-0.3, -0.25) is 0 Å². The van der Waals surface area contributed by atoms with E-state index in [-0.39, 0.29) is 0 Å². The Kier molecular flexibility index (Phi) is 2.99. The Labute approximate surface area is 88.0 Å². The molecule has 0 aromatic carbocycles. The van der Waals surface area contributed by atoms with E-state index in [0.29, 0.717) is 0 Å². The lowest BCUT2D eigenvalue weighted by Gasteiger charge is -2.04. The van der Waals surface area contributed by atoms with Gasteiger partial charge in [-0.2, -0.15) is 0 Å². The molecule has 0 spiro atoms. The molecule has 0 fully saturated rings. The molecule has 0 saturated carbocycles. The van der Waals surface area contributed by atoms with E-state index < -0.39 is 0 Å². The minimum absolute atomic E-state index is 1.01. The second kappa shape index (κ2) is 4.42. The van der Waals surface area contributed by atoms with Gasteiger partial charge in [0.15, 0.2) is 0 Å². The van der Waals surface area contributed by atoms with Gasteiger partial charge in [0.05, 0.1) is 0 Å². The number of fused-ring (bicyclic) bond motifs is 1. The van der Waals surface area contributed by atoms with Crippen molar-refractivity contribution in [3.8, 4) is 0 Å². The van der Waals surface area contributed by atoms with Crippen LogP contribution in [0.2, 0.25) is 0 Å². The molecule has 0 amide bonds. The van der Waals surface area contributed by atoms with Crippen LogP contribution in [0.5, 0.6) is 0 Å². The lowest BCUT2D eigenvalue weighted by Crippen LogP contribution is -2.02. The zero-order valence-corrected chi connectivity index (χ0v) is 9.10. The molecule has 3 heteroatoms. The van der Waals surface area contributed by atoms with Crippen molar-refractivity contribution < 1.29 is 0 Å². The van der Waals surface area contributed by atoms with Gasteiger partial charge < -0.3 is 5.32 Å². The molecule has 2 aromatic heterocycles. The molecule has 0 aliphatic heterocycles. The average molecular weight is 206 g/mol. The highest BCUT2D eigenvalue weighted by Gasteiger charge is 2.01. The van der Waals surface area contributed by atoms with Gasteiger partial charge >= 0.3 is 0 Å². The first kappa shape index (κ1) is 9.46. The van der Waals surface area contributed by atoms with Crippen LogP contribution >= 0.6 is 11.3 Å². The summed E-state index contributed by atoms with van der Waals surface area (Å²) in [5.74, 6) is 1.03. The van der Waals surface area contributed by atoms with Crippen molar-refractivity contribution in [2.75, 3.05) is 11.9 Å². The Morgan fingerprint density at radius 3 is 3.21 bits per heavy atom. The molecule has 2 rings (SSSR count). The third-order valence-electron chi connectivity index (χ3n) is 2.20. The number of aromatic nitrogens is 1. The Morgan fingerprint density at radius 1 is 1.43 bits per heavy atom. The second-order valence-electron chi connectivity index (χ2n) is 3.27. The van der Waals surface area contributed by atoms with Gasteiger partial charge in [-0.1, -0.05) is 13.3 Å². The molecule has 2 aromatic rings. The van der Waals surface area contributed by atoms with Crippen LogP contribution in [0.15, 0.2) is 23.7 Å². The molecule has 0 atom stereocenters. The molecule has 0 aliphatic rings. The molecular weight excluding hydrogens is 192 g/mol. The van der Waals surface area contributed by atoms with Crippen molar-refractivity contribution in [3.63, 3.8) is 0 Å². The molecule has 0 unspecified atom stereocenters. The van der Waals surface area contributed by atoms with Gasteiger partial charge in [-0.05, 0) is 23.9 Å². The lowest BCUT2D eigenvalue weighted by molar-refractivity contribution is 0.832. The van der Waals surface area contributed by atoms with Crippen LogP contribution in [-0.4, -0.2) is 11.5 Å². The smallest absolute Gasteiger partial charge is 0.134 e. The summed E-state index contributed by atoms with van der Waals surface area (Å²) in [6.45, 7) is 3.21. The van der Waals surface area contributed by atoms with E-state index in [1.54, 1.807) is 11.3 Å². The van der Waals surface area contributed by atoms with Gasteiger partial charge in [0, 0.05) is 22.8 Å². The minimum atomic E-state index is 1.01. The molecule has 0 aliphatic carbocycles. The highest BCUT2D eigenvalue weighted by Crippen LogP contribution is 2.25. The Balaban J connectivity index is 2.19. The maximum atomic E-state index is 4.35. The van der Waals surface area contributed by atoms with E-state index in [4.69, 9.17) is 0 Å². The highest BCUT2D eigenvalue weighted by atomic mass is 32.1. The van der Waals surface area contributed by atoms with E-state index in [2.05, 4.69) is 34.7 Å². The molecule has 0 bridgehead atoms. The fraction of sp³-hybridized carbons (Fsp3) is 0.364. The van der Waals surface area contributed by atoms with Crippen LogP contribution in [0.3, 0.4) is 0 Å². The summed E-state index contributed by atoms with van der Waals surface area (Å²) < 4.78 is 1.30. The second-order valence-corrected chi connectivity index (χ2v) is 4.22. The first-order valence-corrected chi connectivity index (χ1v) is 5.86. The van der Waals surface area contributed by atoms with Crippen molar-refractivity contribution in [2.24, 2.45) is 0 Å². The first-order valence-electron chi connectivity index (χ1n) is 4.98. The normalized spacial score (nSPS) is 10.6. The standard InChI is InChI=1S/C11H14N2S/c1-2-3-6-12-11-9-5-8-14-10(9)4-7-13-11/h4-5,7-8H,2-3,6H2,1H3,(H,12,13). The van der Waals surface area contributed by atoms with Crippen LogP contribution in [0, 0.1) is 0 Å². The van der Waals surface area contributed by atoms with Gasteiger partial charge in [-0.15, -0.1) is 11.3 Å². The number of hydrogen-bond acceptors (Lipinski definition) is 3. The lowest BCUT2D eigenvalue weighted by atomic mass is 10.3. The fourth-order valence-electron chi connectivity index (χ4n) is 1.42. The third-order valence-corrected chi connectivity index (χ3v) is 3.08. The topological polar surface area (TPSA) is 24.9 Å². The summed E-state index contributed by atoms with van der Waals surface area (Å²) in [4.78, 5) is 4.35. The average Bonchev–Trinajstić information content (AvgIpc) is 2.67. The number of unbranched alkanes of at least 4 members (excludes halogenated alkanes) is 1. The van der Waals surface area contributed by atoms with Crippen LogP contribution in [0.4, 0.5) is 5.82 Å². The SMILES string of the molecule is CCCCNc1nccc2sccc12. The number of thiophene rings is 1. The van der Waals surface area contributed by atoms with Gasteiger partial charge in [0.2, 0.25) is 0 Å². The van der Waals surface area contributed by atoms with E-state index >= 15 is 0 Å². The quantitative estimate of drug-likeness (QED) is 0.774. The number of anilines is 1. The van der Waals surface area contributed by atoms with Crippen molar-refractivity contribution in [3.05, 3.63) is 23.7 Å². The van der Waals surface area contributed by atoms with Crippen LogP contribution in [0.1, 0.15) is 19.8 Å². The monoisotopic (exact) mass is 206 g/mol. The zero-order valence-electron chi connectivity index (χ0n) is 8.29. The number of nitrogens with zero attached hydrogens (tertiary/aromatic N) is 1. The van der Waals surface area contributed by atoms with Crippen LogP contribution in [0.25, 0.3) is 10.1 Å². The van der Waals surface area contributed by atoms with E-state index in [0.717, 1.165) is 12.4 Å². The molecule has 1 N–H and O–H groups in total. The summed E-state index contributed by atoms with van der Waals surface area (Å²) in [6, 6.07) is 4.19. The highest BCUT2D eigenvalue weighted by molar-refractivity contribution is 7.17. The van der Waals surface area contributed by atoms with E-state index in [1.807, 2.05) is 6.20 Å². The molecule has 2 nitrogen and oxygen atoms in total. The maximum absolute atomic E-state index is 4.35. The molecular formula is C11H14N2S. The Morgan fingerprint density at radius 2 is 2.36 bits per heavy atom. The van der Waals surface area contributed by atoms with Gasteiger partial charge in [0.25, 0.3) is 0 Å². The summed E-state index contributed by atoms with van der Waals surface area (Å²) in [5.41, 5.74) is 0. The number of nitrogens with one attached hydrogen (secondary N) is 1. The maximum Gasteiger partial charge on any atom is 0.134 e. The van der Waals surface area contributed by atoms with E-state index in [9.17, 15) is 0 Å². The summed E-state index contributed by atoms with van der Waals surface area (Å²) in [5, 5.41) is 6.72. The summed E-state index contributed by atoms with van der Waals surface area (Å²) in [7, 11) is 0. The van der Waals surface area contributed by atoms with Gasteiger partial charge in [0.1, 0.15) is 5.82 Å². The molecule has 74 valence electrons. The predicted molar refractivity (Wildman–Crippen MR) is 63.0 cm³/mol. The molecule has 2 heterocycles.